The molecule has 0 saturated carbocycles. The van der Waals surface area contributed by atoms with Crippen LogP contribution in [0.2, 0.25) is 0 Å². The molecule has 4 rings (SSSR count). The van der Waals surface area contributed by atoms with Crippen molar-refractivity contribution in [2.24, 2.45) is 0 Å². The Labute approximate surface area is 384 Å². The van der Waals surface area contributed by atoms with Gasteiger partial charge in [0.2, 0.25) is 0 Å². The molecule has 0 aliphatic carbocycles. The molecule has 0 spiro atoms. The van der Waals surface area contributed by atoms with Gasteiger partial charge in [0.25, 0.3) is 0 Å². The fraction of sp³-hybridized carbons (Fsp3) is 0.581. The lowest BCUT2D eigenvalue weighted by atomic mass is 9.53. The van der Waals surface area contributed by atoms with Gasteiger partial charge < -0.3 is 0 Å². The van der Waals surface area contributed by atoms with E-state index in [1.807, 2.05) is 0 Å². The van der Waals surface area contributed by atoms with E-state index in [1.165, 1.54) is 72.7 Å². The molecule has 4 aromatic rings. The van der Waals surface area contributed by atoms with Crippen molar-refractivity contribution in [1.82, 2.24) is 0 Å². The van der Waals surface area contributed by atoms with Crippen LogP contribution in [-0.4, -0.2) is 0 Å². The molecule has 0 heteroatoms. The average Bonchev–Trinajstić information content (AvgIpc) is 3.09. The molecule has 0 bridgehead atoms. The summed E-state index contributed by atoms with van der Waals surface area (Å²) >= 11 is 0. The molecule has 0 fully saturated rings. The molecule has 0 aliphatic heterocycles. The Morgan fingerprint density at radius 2 is 0.581 bits per heavy atom. The molecule has 0 N–H and O–H groups in total. The van der Waals surface area contributed by atoms with E-state index >= 15 is 0 Å². The molecular formula is C62H92. The maximum absolute atomic E-state index is 4.60. The largest absolute Gasteiger partial charge is 0.0582 e. The minimum Gasteiger partial charge on any atom is -0.0582 e. The topological polar surface area (TPSA) is 0 Å². The van der Waals surface area contributed by atoms with Crippen LogP contribution in [0.4, 0.5) is 0 Å². The molecule has 62 heavy (non-hydrogen) atoms. The second-order valence-electron chi connectivity index (χ2n) is 27.3. The van der Waals surface area contributed by atoms with Gasteiger partial charge in [-0.2, -0.15) is 0 Å². The lowest BCUT2D eigenvalue weighted by Gasteiger charge is -2.49. The number of hydrogen-bond acceptors (Lipinski definition) is 0. The summed E-state index contributed by atoms with van der Waals surface area (Å²) in [5.74, 6) is 1.43. The molecule has 0 aromatic heterocycles. The summed E-state index contributed by atoms with van der Waals surface area (Å²) in [5, 5.41) is 0. The van der Waals surface area contributed by atoms with Crippen molar-refractivity contribution >= 4 is 0 Å². The third-order valence-electron chi connectivity index (χ3n) is 13.5. The van der Waals surface area contributed by atoms with Gasteiger partial charge in [-0.25, -0.2) is 0 Å². The predicted molar refractivity (Wildman–Crippen MR) is 277 cm³/mol. The quantitative estimate of drug-likeness (QED) is 0.166. The van der Waals surface area contributed by atoms with E-state index in [0.717, 1.165) is 19.3 Å². The standard InChI is InChI=1S/C62H92/c1-26-27-36-62(47-34-30-43(56(8,9)10)39-51(47)60(20,21)22,48-35-31-44(57(11,12)13)40-52(48)61(23,24)25)53(45-32-28-41(54(2,3)4)37-49(45)58(14,15)16)46-33-29-42(55(5,6)7)38-50(46)59(17,18)19/h28-35,37-40H,1,26-27,36H2,2-25H3. The molecule has 0 saturated heterocycles. The minimum atomic E-state index is -0.567. The Balaban J connectivity index is 2.60. The van der Waals surface area contributed by atoms with Crippen molar-refractivity contribution < 1.29 is 0 Å². The molecule has 4 aromatic carbocycles. The maximum Gasteiger partial charge on any atom is 0.0495 e. The van der Waals surface area contributed by atoms with Crippen molar-refractivity contribution in [2.45, 2.75) is 234 Å². The predicted octanol–water partition coefficient (Wildman–Crippen LogP) is 18.0. The summed E-state index contributed by atoms with van der Waals surface area (Å²) in [6.07, 6.45) is 2.76. The molecule has 0 heterocycles. The van der Waals surface area contributed by atoms with E-state index < -0.39 is 5.41 Å². The highest BCUT2D eigenvalue weighted by molar-refractivity contribution is 5.69. The van der Waals surface area contributed by atoms with Gasteiger partial charge >= 0.3 is 0 Å². The Morgan fingerprint density at radius 1 is 0.323 bits per heavy atom. The summed E-state index contributed by atoms with van der Waals surface area (Å²) < 4.78 is 0. The van der Waals surface area contributed by atoms with Gasteiger partial charge in [0.05, 0.1) is 0 Å². The highest BCUT2D eigenvalue weighted by Gasteiger charge is 2.51. The molecule has 2 radical (unpaired) electrons. The van der Waals surface area contributed by atoms with Gasteiger partial charge in [-0.05, 0) is 117 Å². The van der Waals surface area contributed by atoms with E-state index in [1.54, 1.807) is 0 Å². The van der Waals surface area contributed by atoms with Crippen LogP contribution in [0.3, 0.4) is 0 Å². The molecule has 340 valence electrons. The smallest absolute Gasteiger partial charge is 0.0495 e. The summed E-state index contributed by atoms with van der Waals surface area (Å²) in [5.41, 5.74) is 15.6. The van der Waals surface area contributed by atoms with Gasteiger partial charge in [0, 0.05) is 11.3 Å². The molecule has 0 nitrogen and oxygen atoms in total. The van der Waals surface area contributed by atoms with Crippen molar-refractivity contribution in [3.63, 3.8) is 0 Å². The Hall–Kier alpha value is -3.12. The fourth-order valence-electron chi connectivity index (χ4n) is 9.51. The summed E-state index contributed by atoms with van der Waals surface area (Å²) in [4.78, 5) is 0. The van der Waals surface area contributed by atoms with Gasteiger partial charge in [0.15, 0.2) is 0 Å². The van der Waals surface area contributed by atoms with Crippen LogP contribution in [0.15, 0.2) is 72.8 Å². The van der Waals surface area contributed by atoms with Crippen LogP contribution in [0.1, 0.15) is 252 Å². The second-order valence-corrected chi connectivity index (χ2v) is 27.3. The van der Waals surface area contributed by atoms with Gasteiger partial charge in [-0.1, -0.05) is 259 Å². The molecule has 0 amide bonds. The zero-order chi connectivity index (χ0) is 47.6. The maximum atomic E-state index is 4.60. The SMILES string of the molecule is [CH2]CCCC([C](c1ccc(C(C)(C)C)cc1C(C)(C)C)c1ccc(C(C)(C)C)cc1C(C)(C)C)(c1ccc(C(C)(C)C)cc1C(C)(C)C)c1ccc(C(C)(C)C)cc1C(C)(C)C. The average molecular weight is 837 g/mol. The third-order valence-corrected chi connectivity index (χ3v) is 13.5. The van der Waals surface area contributed by atoms with Gasteiger partial charge in [-0.3, -0.25) is 0 Å². The summed E-state index contributed by atoms with van der Waals surface area (Å²) in [6, 6.07) is 30.4. The number of rotatable bonds is 8. The molecule has 0 unspecified atom stereocenters. The van der Waals surface area contributed by atoms with Crippen LogP contribution >= 0.6 is 0 Å². The van der Waals surface area contributed by atoms with Crippen LogP contribution in [0.5, 0.6) is 0 Å². The van der Waals surface area contributed by atoms with Crippen molar-refractivity contribution in [3.05, 3.63) is 152 Å². The number of unbranched alkanes of at least 4 members (excludes halogenated alkanes) is 1. The zero-order valence-corrected chi connectivity index (χ0v) is 44.8. The Kier molecular flexibility index (Phi) is 14.1. The lowest BCUT2D eigenvalue weighted by Crippen LogP contribution is -2.43. The van der Waals surface area contributed by atoms with Crippen LogP contribution in [0.25, 0.3) is 0 Å². The first-order valence-electron chi connectivity index (χ1n) is 24.1. The van der Waals surface area contributed by atoms with E-state index in [0.29, 0.717) is 0 Å². The summed E-state index contributed by atoms with van der Waals surface area (Å²) in [6.45, 7) is 62.2. The van der Waals surface area contributed by atoms with E-state index in [9.17, 15) is 0 Å². The Morgan fingerprint density at radius 3 is 0.823 bits per heavy atom. The number of hydrogen-bond donors (Lipinski definition) is 0. The highest BCUT2D eigenvalue weighted by atomic mass is 14.5. The van der Waals surface area contributed by atoms with Crippen LogP contribution in [0, 0.1) is 12.8 Å². The first-order valence-corrected chi connectivity index (χ1v) is 24.1. The summed E-state index contributed by atoms with van der Waals surface area (Å²) in [7, 11) is 0. The van der Waals surface area contributed by atoms with Crippen LogP contribution in [-0.2, 0) is 48.7 Å². The normalized spacial score (nSPS) is 14.2. The lowest BCUT2D eigenvalue weighted by molar-refractivity contribution is 0.448. The zero-order valence-electron chi connectivity index (χ0n) is 44.8. The van der Waals surface area contributed by atoms with E-state index in [2.05, 4.69) is 246 Å². The second kappa shape index (κ2) is 17.0. The van der Waals surface area contributed by atoms with Gasteiger partial charge in [-0.15, -0.1) is 0 Å². The molecular weight excluding hydrogens is 745 g/mol. The van der Waals surface area contributed by atoms with E-state index in [4.69, 9.17) is 0 Å². The van der Waals surface area contributed by atoms with Crippen molar-refractivity contribution in [3.8, 4) is 0 Å². The molecule has 0 atom stereocenters. The minimum absolute atomic E-state index is 0.00102. The fourth-order valence-corrected chi connectivity index (χ4v) is 9.51. The monoisotopic (exact) mass is 837 g/mol. The number of benzene rings is 4. The first kappa shape index (κ1) is 51.5. The van der Waals surface area contributed by atoms with Crippen molar-refractivity contribution in [1.29, 1.82) is 0 Å². The highest BCUT2D eigenvalue weighted by Crippen LogP contribution is 2.58. The Bertz CT molecular complexity index is 2020. The first-order chi connectivity index (χ1) is 27.8. The third kappa shape index (κ3) is 10.9. The van der Waals surface area contributed by atoms with E-state index in [-0.39, 0.29) is 43.3 Å². The molecule has 0 aliphatic rings. The van der Waals surface area contributed by atoms with Gasteiger partial charge in [0.1, 0.15) is 0 Å². The van der Waals surface area contributed by atoms with Crippen molar-refractivity contribution in [2.75, 3.05) is 0 Å². The van der Waals surface area contributed by atoms with Crippen LogP contribution < -0.4 is 0 Å².